The number of fused-ring (bicyclic) bond motifs is 1. The molecule has 0 saturated heterocycles. The minimum Gasteiger partial charge on any atom is -0.351 e. The van der Waals surface area contributed by atoms with Gasteiger partial charge < -0.3 is 10.3 Å². The average Bonchev–Trinajstić information content (AvgIpc) is 3.03. The summed E-state index contributed by atoms with van der Waals surface area (Å²) in [5.41, 5.74) is 3.02. The summed E-state index contributed by atoms with van der Waals surface area (Å²) in [5.74, 6) is -0.149. The Balaban J connectivity index is 1.83. The normalized spacial score (nSPS) is 12.0. The van der Waals surface area contributed by atoms with Crippen molar-refractivity contribution < 1.29 is 9.59 Å². The van der Waals surface area contributed by atoms with Crippen LogP contribution in [0, 0.1) is 0 Å². The zero-order valence-electron chi connectivity index (χ0n) is 12.9. The number of aromatic amines is 1. The summed E-state index contributed by atoms with van der Waals surface area (Å²) in [6.45, 7) is 2.04. The number of hydrogen-bond acceptors (Lipinski definition) is 2. The van der Waals surface area contributed by atoms with Crippen molar-refractivity contribution in [1.82, 2.24) is 10.3 Å². The van der Waals surface area contributed by atoms with E-state index in [-0.39, 0.29) is 11.9 Å². The van der Waals surface area contributed by atoms with E-state index in [0.717, 1.165) is 29.2 Å². The minimum atomic E-state index is -0.149. The Morgan fingerprint density at radius 2 is 1.96 bits per heavy atom. The highest BCUT2D eigenvalue weighted by molar-refractivity contribution is 5.99. The van der Waals surface area contributed by atoms with Crippen molar-refractivity contribution in [2.75, 3.05) is 0 Å². The Morgan fingerprint density at radius 3 is 2.65 bits per heavy atom. The van der Waals surface area contributed by atoms with Crippen molar-refractivity contribution in [3.63, 3.8) is 0 Å². The molecular weight excluding hydrogens is 288 g/mol. The van der Waals surface area contributed by atoms with Crippen LogP contribution in [-0.2, 0) is 0 Å². The third-order valence-corrected chi connectivity index (χ3v) is 3.94. The first-order valence-electron chi connectivity index (χ1n) is 7.65. The van der Waals surface area contributed by atoms with E-state index in [4.69, 9.17) is 0 Å². The Morgan fingerprint density at radius 1 is 1.17 bits per heavy atom. The van der Waals surface area contributed by atoms with Crippen LogP contribution in [0.25, 0.3) is 10.9 Å². The number of H-pyrrole nitrogens is 1. The SMILES string of the molecule is CCC(NC(=O)c1cc2cc(C=O)ccc2[nH]1)c1ccccc1. The largest absolute Gasteiger partial charge is 0.351 e. The fourth-order valence-electron chi connectivity index (χ4n) is 2.69. The molecule has 23 heavy (non-hydrogen) atoms. The van der Waals surface area contributed by atoms with Gasteiger partial charge in [-0.2, -0.15) is 0 Å². The van der Waals surface area contributed by atoms with Crippen molar-refractivity contribution >= 4 is 23.1 Å². The van der Waals surface area contributed by atoms with Crippen molar-refractivity contribution in [3.05, 3.63) is 71.4 Å². The molecule has 116 valence electrons. The predicted molar refractivity (Wildman–Crippen MR) is 90.6 cm³/mol. The van der Waals surface area contributed by atoms with Gasteiger partial charge in [0.2, 0.25) is 0 Å². The molecule has 0 aliphatic carbocycles. The number of carbonyl (C=O) groups excluding carboxylic acids is 2. The van der Waals surface area contributed by atoms with E-state index in [0.29, 0.717) is 11.3 Å². The van der Waals surface area contributed by atoms with E-state index < -0.39 is 0 Å². The molecule has 0 saturated carbocycles. The van der Waals surface area contributed by atoms with E-state index in [9.17, 15) is 9.59 Å². The smallest absolute Gasteiger partial charge is 0.268 e. The number of amides is 1. The van der Waals surface area contributed by atoms with Gasteiger partial charge in [0.15, 0.2) is 0 Å². The van der Waals surface area contributed by atoms with E-state index in [1.165, 1.54) is 0 Å². The maximum atomic E-state index is 12.5. The monoisotopic (exact) mass is 306 g/mol. The van der Waals surface area contributed by atoms with Crippen LogP contribution < -0.4 is 5.32 Å². The Bertz CT molecular complexity index is 837. The van der Waals surface area contributed by atoms with Crippen molar-refractivity contribution in [2.24, 2.45) is 0 Å². The van der Waals surface area contributed by atoms with Crippen LogP contribution in [0.2, 0.25) is 0 Å². The molecule has 0 bridgehead atoms. The maximum Gasteiger partial charge on any atom is 0.268 e. The average molecular weight is 306 g/mol. The fraction of sp³-hybridized carbons (Fsp3) is 0.158. The topological polar surface area (TPSA) is 62.0 Å². The second-order valence-corrected chi connectivity index (χ2v) is 5.49. The van der Waals surface area contributed by atoms with Gasteiger partial charge in [-0.3, -0.25) is 9.59 Å². The molecule has 3 rings (SSSR count). The van der Waals surface area contributed by atoms with Crippen LogP contribution >= 0.6 is 0 Å². The number of rotatable bonds is 5. The molecule has 0 aliphatic rings. The van der Waals surface area contributed by atoms with Gasteiger partial charge in [0.1, 0.15) is 12.0 Å². The molecule has 2 N–H and O–H groups in total. The molecule has 0 spiro atoms. The highest BCUT2D eigenvalue weighted by atomic mass is 16.2. The Hall–Kier alpha value is -2.88. The fourth-order valence-corrected chi connectivity index (χ4v) is 2.69. The van der Waals surface area contributed by atoms with Gasteiger partial charge in [-0.05, 0) is 36.2 Å². The van der Waals surface area contributed by atoms with E-state index >= 15 is 0 Å². The van der Waals surface area contributed by atoms with Crippen LogP contribution in [-0.4, -0.2) is 17.2 Å². The maximum absolute atomic E-state index is 12.5. The molecular formula is C19H18N2O2. The van der Waals surface area contributed by atoms with Crippen LogP contribution in [0.1, 0.15) is 45.8 Å². The van der Waals surface area contributed by atoms with Crippen molar-refractivity contribution in [2.45, 2.75) is 19.4 Å². The number of benzene rings is 2. The molecule has 0 radical (unpaired) electrons. The van der Waals surface area contributed by atoms with Crippen LogP contribution in [0.15, 0.2) is 54.6 Å². The molecule has 4 nitrogen and oxygen atoms in total. The first kappa shape index (κ1) is 15.0. The van der Waals surface area contributed by atoms with Crippen molar-refractivity contribution in [1.29, 1.82) is 0 Å². The summed E-state index contributed by atoms with van der Waals surface area (Å²) in [7, 11) is 0. The first-order chi connectivity index (χ1) is 11.2. The second-order valence-electron chi connectivity index (χ2n) is 5.49. The molecule has 1 atom stereocenters. The molecule has 1 unspecified atom stereocenters. The molecule has 4 heteroatoms. The summed E-state index contributed by atoms with van der Waals surface area (Å²) < 4.78 is 0. The first-order valence-corrected chi connectivity index (χ1v) is 7.65. The predicted octanol–water partition coefficient (Wildman–Crippen LogP) is 3.86. The third kappa shape index (κ3) is 3.16. The van der Waals surface area contributed by atoms with Gasteiger partial charge in [0.05, 0.1) is 6.04 Å². The zero-order chi connectivity index (χ0) is 16.2. The molecule has 1 heterocycles. The van der Waals surface area contributed by atoms with E-state index in [1.807, 2.05) is 43.3 Å². The number of nitrogens with one attached hydrogen (secondary N) is 2. The molecule has 1 amide bonds. The van der Waals surface area contributed by atoms with Gasteiger partial charge in [0.25, 0.3) is 5.91 Å². The summed E-state index contributed by atoms with van der Waals surface area (Å²) in [4.78, 5) is 26.4. The van der Waals surface area contributed by atoms with Crippen LogP contribution in [0.4, 0.5) is 0 Å². The van der Waals surface area contributed by atoms with E-state index in [2.05, 4.69) is 10.3 Å². The summed E-state index contributed by atoms with van der Waals surface area (Å²) in [6.07, 6.45) is 1.61. The van der Waals surface area contributed by atoms with Gasteiger partial charge in [-0.1, -0.05) is 37.3 Å². The second kappa shape index (κ2) is 6.48. The number of aromatic nitrogens is 1. The highest BCUT2D eigenvalue weighted by Crippen LogP contribution is 2.19. The number of carbonyl (C=O) groups is 2. The third-order valence-electron chi connectivity index (χ3n) is 3.94. The van der Waals surface area contributed by atoms with Gasteiger partial charge >= 0.3 is 0 Å². The quantitative estimate of drug-likeness (QED) is 0.703. The lowest BCUT2D eigenvalue weighted by Crippen LogP contribution is -2.28. The Labute approximate surface area is 134 Å². The van der Waals surface area contributed by atoms with Gasteiger partial charge in [-0.15, -0.1) is 0 Å². The van der Waals surface area contributed by atoms with E-state index in [1.54, 1.807) is 18.2 Å². The lowest BCUT2D eigenvalue weighted by atomic mass is 10.0. The number of hydrogen-bond donors (Lipinski definition) is 2. The standard InChI is InChI=1S/C19H18N2O2/c1-2-16(14-6-4-3-5-7-14)21-19(23)18-11-15-10-13(12-22)8-9-17(15)20-18/h3-12,16,20H,2H2,1H3,(H,21,23). The zero-order valence-corrected chi connectivity index (χ0v) is 12.9. The van der Waals surface area contributed by atoms with Crippen LogP contribution in [0.3, 0.4) is 0 Å². The lowest BCUT2D eigenvalue weighted by Gasteiger charge is -2.16. The Kier molecular flexibility index (Phi) is 4.24. The lowest BCUT2D eigenvalue weighted by molar-refractivity contribution is 0.0931. The molecule has 0 fully saturated rings. The summed E-state index contributed by atoms with van der Waals surface area (Å²) in [5, 5.41) is 3.90. The number of aldehydes is 1. The minimum absolute atomic E-state index is 0.0272. The molecule has 1 aromatic heterocycles. The van der Waals surface area contributed by atoms with Crippen molar-refractivity contribution in [3.8, 4) is 0 Å². The summed E-state index contributed by atoms with van der Waals surface area (Å²) in [6, 6.07) is 17.0. The van der Waals surface area contributed by atoms with Crippen LogP contribution in [0.5, 0.6) is 0 Å². The molecule has 2 aromatic carbocycles. The molecule has 3 aromatic rings. The molecule has 0 aliphatic heterocycles. The van der Waals surface area contributed by atoms with Gasteiger partial charge in [0, 0.05) is 16.5 Å². The van der Waals surface area contributed by atoms with Gasteiger partial charge in [-0.25, -0.2) is 0 Å². The highest BCUT2D eigenvalue weighted by Gasteiger charge is 2.15. The summed E-state index contributed by atoms with van der Waals surface area (Å²) >= 11 is 0.